The van der Waals surface area contributed by atoms with Crippen molar-refractivity contribution in [3.05, 3.63) is 0 Å². The Morgan fingerprint density at radius 3 is 2.55 bits per heavy atom. The number of hydrogen-bond acceptors (Lipinski definition) is 4. The van der Waals surface area contributed by atoms with Crippen molar-refractivity contribution in [1.82, 2.24) is 9.80 Å². The van der Waals surface area contributed by atoms with Crippen LogP contribution in [-0.2, 0) is 14.3 Å². The molecule has 1 N–H and O–H groups in total. The number of esters is 1. The summed E-state index contributed by atoms with van der Waals surface area (Å²) in [7, 11) is 1.34. The molecule has 2 aliphatic rings. The number of rotatable bonds is 5. The number of carbonyl (C=O) groups excluding carboxylic acids is 2. The third kappa shape index (κ3) is 3.40. The quantitative estimate of drug-likeness (QED) is 0.745. The Hall–Kier alpha value is -1.79. The molecule has 2 fully saturated rings. The highest BCUT2D eigenvalue weighted by Gasteiger charge is 2.38. The maximum atomic E-state index is 12.4. The van der Waals surface area contributed by atoms with Gasteiger partial charge in [-0.05, 0) is 19.3 Å². The highest BCUT2D eigenvalue weighted by Crippen LogP contribution is 2.29. The standard InChI is InChI=1S/C13H20N2O5/c1-20-12(18)9-4-6-14(8-9)13(19)15(10-2-3-10)7-5-11(16)17/h9-10H,2-8H2,1H3,(H,16,17). The van der Waals surface area contributed by atoms with E-state index in [0.717, 1.165) is 12.8 Å². The van der Waals surface area contributed by atoms with E-state index in [2.05, 4.69) is 0 Å². The van der Waals surface area contributed by atoms with E-state index in [0.29, 0.717) is 19.5 Å². The topological polar surface area (TPSA) is 87.2 Å². The first-order chi connectivity index (χ1) is 9.52. The lowest BCUT2D eigenvalue weighted by atomic mass is 10.1. The lowest BCUT2D eigenvalue weighted by Gasteiger charge is -2.27. The van der Waals surface area contributed by atoms with Crippen LogP contribution < -0.4 is 0 Å². The van der Waals surface area contributed by atoms with Crippen molar-refractivity contribution in [2.24, 2.45) is 5.92 Å². The Bertz CT molecular complexity index is 408. The van der Waals surface area contributed by atoms with E-state index in [1.807, 2.05) is 0 Å². The number of hydrogen-bond donors (Lipinski definition) is 1. The molecule has 7 nitrogen and oxygen atoms in total. The first-order valence-corrected chi connectivity index (χ1v) is 6.88. The molecule has 112 valence electrons. The van der Waals surface area contributed by atoms with Gasteiger partial charge in [0.05, 0.1) is 19.4 Å². The summed E-state index contributed by atoms with van der Waals surface area (Å²) < 4.78 is 4.69. The molecule has 7 heteroatoms. The summed E-state index contributed by atoms with van der Waals surface area (Å²) in [6.07, 6.45) is 2.42. The zero-order chi connectivity index (χ0) is 14.7. The van der Waals surface area contributed by atoms with E-state index in [1.165, 1.54) is 7.11 Å². The van der Waals surface area contributed by atoms with Gasteiger partial charge in [0.25, 0.3) is 0 Å². The van der Waals surface area contributed by atoms with Crippen molar-refractivity contribution < 1.29 is 24.2 Å². The van der Waals surface area contributed by atoms with Gasteiger partial charge in [0, 0.05) is 25.7 Å². The number of nitrogens with zero attached hydrogens (tertiary/aromatic N) is 2. The number of amides is 2. The Labute approximate surface area is 117 Å². The molecular formula is C13H20N2O5. The van der Waals surface area contributed by atoms with Gasteiger partial charge in [-0.2, -0.15) is 0 Å². The van der Waals surface area contributed by atoms with Crippen LogP contribution in [0.2, 0.25) is 0 Å². The summed E-state index contributed by atoms with van der Waals surface area (Å²) in [4.78, 5) is 37.8. The second kappa shape index (κ2) is 6.11. The van der Waals surface area contributed by atoms with Crippen LogP contribution in [-0.4, -0.2) is 65.7 Å². The third-order valence-corrected chi connectivity index (χ3v) is 3.79. The average molecular weight is 284 g/mol. The molecule has 1 heterocycles. The van der Waals surface area contributed by atoms with Crippen LogP contribution in [0, 0.1) is 5.92 Å². The summed E-state index contributed by atoms with van der Waals surface area (Å²) in [5.41, 5.74) is 0. The Balaban J connectivity index is 1.91. The smallest absolute Gasteiger partial charge is 0.320 e. The maximum absolute atomic E-state index is 12.4. The molecule has 0 aromatic heterocycles. The minimum absolute atomic E-state index is 0.0451. The predicted molar refractivity (Wildman–Crippen MR) is 69.1 cm³/mol. The molecule has 0 spiro atoms. The molecule has 1 saturated heterocycles. The molecule has 0 radical (unpaired) electrons. The largest absolute Gasteiger partial charge is 0.481 e. The average Bonchev–Trinajstić information content (AvgIpc) is 3.13. The molecular weight excluding hydrogens is 264 g/mol. The number of ether oxygens (including phenoxy) is 1. The third-order valence-electron chi connectivity index (χ3n) is 3.79. The van der Waals surface area contributed by atoms with Gasteiger partial charge in [-0.1, -0.05) is 0 Å². The van der Waals surface area contributed by atoms with Gasteiger partial charge in [0.1, 0.15) is 0 Å². The summed E-state index contributed by atoms with van der Waals surface area (Å²) in [5, 5.41) is 8.75. The van der Waals surface area contributed by atoms with Gasteiger partial charge in [-0.3, -0.25) is 9.59 Å². The lowest BCUT2D eigenvalue weighted by molar-refractivity contribution is -0.144. The molecule has 1 aliphatic carbocycles. The Morgan fingerprint density at radius 2 is 2.00 bits per heavy atom. The number of methoxy groups -OCH3 is 1. The SMILES string of the molecule is COC(=O)C1CCN(C(=O)N(CCC(=O)O)C2CC2)C1. The van der Waals surface area contributed by atoms with Crippen molar-refractivity contribution in [3.8, 4) is 0 Å². The monoisotopic (exact) mass is 284 g/mol. The van der Waals surface area contributed by atoms with Gasteiger partial charge in [0.2, 0.25) is 0 Å². The van der Waals surface area contributed by atoms with E-state index in [1.54, 1.807) is 9.80 Å². The first-order valence-electron chi connectivity index (χ1n) is 6.88. The molecule has 0 aromatic rings. The van der Waals surface area contributed by atoms with Crippen molar-refractivity contribution in [3.63, 3.8) is 0 Å². The summed E-state index contributed by atoms with van der Waals surface area (Å²) in [5.74, 6) is -1.45. The number of likely N-dealkylation sites (tertiary alicyclic amines) is 1. The number of aliphatic carboxylic acids is 1. The fourth-order valence-electron chi connectivity index (χ4n) is 2.51. The fourth-order valence-corrected chi connectivity index (χ4v) is 2.51. The number of carbonyl (C=O) groups is 3. The molecule has 1 aliphatic heterocycles. The van der Waals surface area contributed by atoms with Gasteiger partial charge < -0.3 is 19.6 Å². The van der Waals surface area contributed by atoms with E-state index >= 15 is 0 Å². The number of carboxylic acid groups (broad SMARTS) is 1. The Kier molecular flexibility index (Phi) is 4.46. The van der Waals surface area contributed by atoms with Crippen LogP contribution in [0.25, 0.3) is 0 Å². The van der Waals surface area contributed by atoms with Crippen LogP contribution in [0.15, 0.2) is 0 Å². The molecule has 1 saturated carbocycles. The Morgan fingerprint density at radius 1 is 1.30 bits per heavy atom. The van der Waals surface area contributed by atoms with Crippen molar-refractivity contribution >= 4 is 18.0 Å². The second-order valence-corrected chi connectivity index (χ2v) is 5.31. The van der Waals surface area contributed by atoms with E-state index in [9.17, 15) is 14.4 Å². The van der Waals surface area contributed by atoms with Crippen LogP contribution in [0.1, 0.15) is 25.7 Å². The number of urea groups is 1. The normalized spacial score (nSPS) is 21.6. The highest BCUT2D eigenvalue weighted by molar-refractivity contribution is 5.79. The van der Waals surface area contributed by atoms with E-state index < -0.39 is 5.97 Å². The molecule has 2 amide bonds. The summed E-state index contributed by atoms with van der Waals surface area (Å²) >= 11 is 0. The molecule has 2 rings (SSSR count). The first kappa shape index (κ1) is 14.6. The van der Waals surface area contributed by atoms with Crippen LogP contribution in [0.5, 0.6) is 0 Å². The fraction of sp³-hybridized carbons (Fsp3) is 0.769. The van der Waals surface area contributed by atoms with Crippen molar-refractivity contribution in [2.75, 3.05) is 26.7 Å². The highest BCUT2D eigenvalue weighted by atomic mass is 16.5. The minimum atomic E-state index is -0.905. The predicted octanol–water partition coefficient (Wildman–Crippen LogP) is 0.540. The van der Waals surface area contributed by atoms with Gasteiger partial charge >= 0.3 is 18.0 Å². The molecule has 1 atom stereocenters. The summed E-state index contributed by atoms with van der Waals surface area (Å²) in [6.45, 7) is 1.12. The van der Waals surface area contributed by atoms with E-state index in [-0.39, 0.29) is 36.9 Å². The van der Waals surface area contributed by atoms with Crippen LogP contribution in [0.3, 0.4) is 0 Å². The van der Waals surface area contributed by atoms with Gasteiger partial charge in [-0.25, -0.2) is 4.79 Å². The second-order valence-electron chi connectivity index (χ2n) is 5.31. The molecule has 0 aromatic carbocycles. The summed E-state index contributed by atoms with van der Waals surface area (Å²) in [6, 6.07) is 0.0131. The molecule has 1 unspecified atom stereocenters. The van der Waals surface area contributed by atoms with Crippen molar-refractivity contribution in [2.45, 2.75) is 31.7 Å². The zero-order valence-corrected chi connectivity index (χ0v) is 11.6. The van der Waals surface area contributed by atoms with E-state index in [4.69, 9.17) is 9.84 Å². The van der Waals surface area contributed by atoms with Gasteiger partial charge in [-0.15, -0.1) is 0 Å². The van der Waals surface area contributed by atoms with Gasteiger partial charge in [0.15, 0.2) is 0 Å². The zero-order valence-electron chi connectivity index (χ0n) is 11.6. The van der Waals surface area contributed by atoms with Crippen LogP contribution in [0.4, 0.5) is 4.79 Å². The van der Waals surface area contributed by atoms with Crippen molar-refractivity contribution in [1.29, 1.82) is 0 Å². The lowest BCUT2D eigenvalue weighted by Crippen LogP contribution is -2.44. The minimum Gasteiger partial charge on any atom is -0.481 e. The molecule has 20 heavy (non-hydrogen) atoms. The van der Waals surface area contributed by atoms with Crippen LogP contribution >= 0.6 is 0 Å². The maximum Gasteiger partial charge on any atom is 0.320 e. The number of carboxylic acids is 1. The molecule has 0 bridgehead atoms.